The number of methoxy groups -OCH3 is 1. The second-order valence-electron chi connectivity index (χ2n) is 4.62. The smallest absolute Gasteiger partial charge is 0.121 e. The molecule has 0 unspecified atom stereocenters. The van der Waals surface area contributed by atoms with Crippen molar-refractivity contribution >= 4 is 21.6 Å². The van der Waals surface area contributed by atoms with Crippen molar-refractivity contribution in [2.45, 2.75) is 20.4 Å². The van der Waals surface area contributed by atoms with E-state index in [1.54, 1.807) is 7.11 Å². The number of nitrogens with one attached hydrogen (secondary N) is 1. The highest BCUT2D eigenvalue weighted by atomic mass is 79.9. The highest BCUT2D eigenvalue weighted by molar-refractivity contribution is 9.10. The van der Waals surface area contributed by atoms with E-state index in [9.17, 15) is 0 Å². The highest BCUT2D eigenvalue weighted by Crippen LogP contribution is 2.22. The maximum atomic E-state index is 5.27. The van der Waals surface area contributed by atoms with E-state index in [-0.39, 0.29) is 0 Å². The average Bonchev–Trinajstić information content (AvgIpc) is 2.40. The Kier molecular flexibility index (Phi) is 4.48. The van der Waals surface area contributed by atoms with Crippen molar-refractivity contribution in [3.05, 3.63) is 57.6 Å². The third-order valence-electron chi connectivity index (χ3n) is 3.13. The zero-order valence-corrected chi connectivity index (χ0v) is 13.0. The predicted molar refractivity (Wildman–Crippen MR) is 83.9 cm³/mol. The van der Waals surface area contributed by atoms with Crippen LogP contribution in [-0.4, -0.2) is 7.11 Å². The molecule has 0 bridgehead atoms. The third kappa shape index (κ3) is 3.51. The fourth-order valence-electron chi connectivity index (χ4n) is 1.96. The fourth-order valence-corrected chi connectivity index (χ4v) is 2.34. The van der Waals surface area contributed by atoms with Crippen LogP contribution in [-0.2, 0) is 6.54 Å². The SMILES string of the molecule is COc1ccc(CNc2ccc(C)c(Br)c2)cc1C. The van der Waals surface area contributed by atoms with Crippen LogP contribution in [0.5, 0.6) is 5.75 Å². The van der Waals surface area contributed by atoms with Crippen molar-refractivity contribution in [2.24, 2.45) is 0 Å². The number of aryl methyl sites for hydroxylation is 2. The van der Waals surface area contributed by atoms with Crippen molar-refractivity contribution in [3.63, 3.8) is 0 Å². The molecule has 0 aliphatic rings. The Hall–Kier alpha value is -1.48. The summed E-state index contributed by atoms with van der Waals surface area (Å²) >= 11 is 3.55. The van der Waals surface area contributed by atoms with Crippen LogP contribution >= 0.6 is 15.9 Å². The number of benzene rings is 2. The van der Waals surface area contributed by atoms with Gasteiger partial charge < -0.3 is 10.1 Å². The monoisotopic (exact) mass is 319 g/mol. The highest BCUT2D eigenvalue weighted by Gasteiger charge is 2.01. The number of hydrogen-bond donors (Lipinski definition) is 1. The molecule has 100 valence electrons. The number of anilines is 1. The Labute approximate surface area is 122 Å². The molecule has 0 saturated heterocycles. The number of ether oxygens (including phenoxy) is 1. The van der Waals surface area contributed by atoms with Gasteiger partial charge in [-0.25, -0.2) is 0 Å². The predicted octanol–water partition coefficient (Wildman–Crippen LogP) is 4.69. The molecule has 19 heavy (non-hydrogen) atoms. The Balaban J connectivity index is 2.05. The maximum Gasteiger partial charge on any atom is 0.121 e. The zero-order chi connectivity index (χ0) is 13.8. The lowest BCUT2D eigenvalue weighted by molar-refractivity contribution is 0.411. The summed E-state index contributed by atoms with van der Waals surface area (Å²) < 4.78 is 6.39. The minimum atomic E-state index is 0.806. The molecule has 2 aromatic rings. The lowest BCUT2D eigenvalue weighted by Gasteiger charge is -2.10. The zero-order valence-electron chi connectivity index (χ0n) is 11.5. The topological polar surface area (TPSA) is 21.3 Å². The van der Waals surface area contributed by atoms with Gasteiger partial charge in [-0.15, -0.1) is 0 Å². The molecule has 0 heterocycles. The minimum Gasteiger partial charge on any atom is -0.496 e. The summed E-state index contributed by atoms with van der Waals surface area (Å²) in [4.78, 5) is 0. The Morgan fingerprint density at radius 3 is 2.47 bits per heavy atom. The molecule has 0 aromatic heterocycles. The van der Waals surface area contributed by atoms with Crippen molar-refractivity contribution < 1.29 is 4.74 Å². The molecule has 0 aliphatic heterocycles. The summed E-state index contributed by atoms with van der Waals surface area (Å²) in [6, 6.07) is 12.5. The van der Waals surface area contributed by atoms with Crippen LogP contribution in [0.3, 0.4) is 0 Å². The van der Waals surface area contributed by atoms with Gasteiger partial charge in [0.15, 0.2) is 0 Å². The summed E-state index contributed by atoms with van der Waals surface area (Å²) in [5.41, 5.74) is 4.76. The summed E-state index contributed by atoms with van der Waals surface area (Å²) in [5.74, 6) is 0.932. The van der Waals surface area contributed by atoms with E-state index in [0.29, 0.717) is 0 Å². The van der Waals surface area contributed by atoms with E-state index in [0.717, 1.165) is 28.0 Å². The van der Waals surface area contributed by atoms with Crippen LogP contribution in [0.4, 0.5) is 5.69 Å². The van der Waals surface area contributed by atoms with Crippen LogP contribution in [0.15, 0.2) is 40.9 Å². The van der Waals surface area contributed by atoms with Gasteiger partial charge in [0.05, 0.1) is 7.11 Å². The first-order valence-corrected chi connectivity index (χ1v) is 7.03. The van der Waals surface area contributed by atoms with Crippen LogP contribution in [0.25, 0.3) is 0 Å². The molecular formula is C16H18BrNO. The van der Waals surface area contributed by atoms with Gasteiger partial charge in [0, 0.05) is 16.7 Å². The number of halogens is 1. The number of hydrogen-bond acceptors (Lipinski definition) is 2. The van der Waals surface area contributed by atoms with Crippen molar-refractivity contribution in [1.82, 2.24) is 0 Å². The van der Waals surface area contributed by atoms with E-state index >= 15 is 0 Å². The molecule has 0 saturated carbocycles. The Morgan fingerprint density at radius 2 is 1.84 bits per heavy atom. The molecule has 1 N–H and O–H groups in total. The maximum absolute atomic E-state index is 5.27. The number of rotatable bonds is 4. The minimum absolute atomic E-state index is 0.806. The van der Waals surface area contributed by atoms with Crippen LogP contribution < -0.4 is 10.1 Å². The van der Waals surface area contributed by atoms with E-state index in [1.165, 1.54) is 11.1 Å². The standard InChI is InChI=1S/C16H18BrNO/c1-11-4-6-14(9-15(11)17)18-10-13-5-7-16(19-3)12(2)8-13/h4-9,18H,10H2,1-3H3. The molecule has 0 spiro atoms. The van der Waals surface area contributed by atoms with Crippen molar-refractivity contribution in [1.29, 1.82) is 0 Å². The van der Waals surface area contributed by atoms with Gasteiger partial charge in [0.25, 0.3) is 0 Å². The van der Waals surface area contributed by atoms with E-state index < -0.39 is 0 Å². The first-order chi connectivity index (χ1) is 9.10. The van der Waals surface area contributed by atoms with Gasteiger partial charge in [-0.3, -0.25) is 0 Å². The average molecular weight is 320 g/mol. The molecule has 0 fully saturated rings. The lowest BCUT2D eigenvalue weighted by atomic mass is 10.1. The van der Waals surface area contributed by atoms with Crippen molar-refractivity contribution in [3.8, 4) is 5.75 Å². The van der Waals surface area contributed by atoms with Crippen LogP contribution in [0, 0.1) is 13.8 Å². The summed E-state index contributed by atoms with van der Waals surface area (Å²) in [5, 5.41) is 3.42. The molecule has 2 nitrogen and oxygen atoms in total. The molecular weight excluding hydrogens is 302 g/mol. The second-order valence-corrected chi connectivity index (χ2v) is 5.48. The Bertz CT molecular complexity index is 581. The first-order valence-electron chi connectivity index (χ1n) is 6.23. The molecule has 3 heteroatoms. The van der Waals surface area contributed by atoms with Gasteiger partial charge in [-0.2, -0.15) is 0 Å². The van der Waals surface area contributed by atoms with Gasteiger partial charge in [-0.1, -0.05) is 34.1 Å². The molecule has 0 radical (unpaired) electrons. The van der Waals surface area contributed by atoms with Gasteiger partial charge >= 0.3 is 0 Å². The summed E-state index contributed by atoms with van der Waals surface area (Å²) in [6.45, 7) is 4.95. The lowest BCUT2D eigenvalue weighted by Crippen LogP contribution is -2.00. The third-order valence-corrected chi connectivity index (χ3v) is 3.98. The quantitative estimate of drug-likeness (QED) is 0.883. The van der Waals surface area contributed by atoms with E-state index in [1.807, 2.05) is 6.07 Å². The van der Waals surface area contributed by atoms with E-state index in [4.69, 9.17) is 4.74 Å². The van der Waals surface area contributed by atoms with Crippen molar-refractivity contribution in [2.75, 3.05) is 12.4 Å². The normalized spacial score (nSPS) is 10.3. The summed E-state index contributed by atoms with van der Waals surface area (Å²) in [7, 11) is 1.70. The van der Waals surface area contributed by atoms with E-state index in [2.05, 4.69) is 65.4 Å². The first kappa shape index (κ1) is 13.9. The van der Waals surface area contributed by atoms with Gasteiger partial charge in [0.1, 0.15) is 5.75 Å². The van der Waals surface area contributed by atoms with Gasteiger partial charge in [-0.05, 0) is 48.7 Å². The second kappa shape index (κ2) is 6.11. The summed E-state index contributed by atoms with van der Waals surface area (Å²) in [6.07, 6.45) is 0. The largest absolute Gasteiger partial charge is 0.496 e. The molecule has 0 amide bonds. The van der Waals surface area contributed by atoms with Gasteiger partial charge in [0.2, 0.25) is 0 Å². The van der Waals surface area contributed by atoms with Crippen LogP contribution in [0.1, 0.15) is 16.7 Å². The molecule has 2 aromatic carbocycles. The molecule has 2 rings (SSSR count). The Morgan fingerprint density at radius 1 is 1.05 bits per heavy atom. The molecule has 0 aliphatic carbocycles. The fraction of sp³-hybridized carbons (Fsp3) is 0.250. The van der Waals surface area contributed by atoms with Crippen LogP contribution in [0.2, 0.25) is 0 Å². The molecule has 0 atom stereocenters.